The fraction of sp³-hybridized carbons (Fsp3) is 0.512. The maximum Gasteiger partial charge on any atom is 0.434 e. The van der Waals surface area contributed by atoms with E-state index in [1.54, 1.807) is 30.3 Å². The van der Waals surface area contributed by atoms with Crippen LogP contribution < -0.4 is 20.7 Å². The van der Waals surface area contributed by atoms with Gasteiger partial charge in [-0.2, -0.15) is 18.3 Å². The molecular formula is C43H47F3N8O6S. The van der Waals surface area contributed by atoms with Crippen LogP contribution in [0.3, 0.4) is 0 Å². The van der Waals surface area contributed by atoms with E-state index in [-0.39, 0.29) is 29.5 Å². The first-order valence-electron chi connectivity index (χ1n) is 21.0. The fourth-order valence-electron chi connectivity index (χ4n) is 10.2. The number of carbonyl (C=O) groups excluding carboxylic acids is 5. The molecule has 322 valence electrons. The second kappa shape index (κ2) is 16.2. The van der Waals surface area contributed by atoms with E-state index in [9.17, 15) is 37.1 Å². The number of nitrogens with zero attached hydrogens (tertiary/aromatic N) is 5. The van der Waals surface area contributed by atoms with E-state index >= 15 is 0 Å². The van der Waals surface area contributed by atoms with Gasteiger partial charge in [-0.05, 0) is 113 Å². The smallest absolute Gasteiger partial charge is 0.434 e. The minimum atomic E-state index is -4.63. The third-order valence-electron chi connectivity index (χ3n) is 13.5. The van der Waals surface area contributed by atoms with E-state index in [0.29, 0.717) is 63.3 Å². The van der Waals surface area contributed by atoms with Gasteiger partial charge < -0.3 is 20.3 Å². The van der Waals surface area contributed by atoms with Gasteiger partial charge in [-0.25, -0.2) is 4.98 Å². The average molecular weight is 861 g/mol. The Morgan fingerprint density at radius 1 is 1.00 bits per heavy atom. The lowest BCUT2D eigenvalue weighted by molar-refractivity contribution is -0.141. The predicted molar refractivity (Wildman–Crippen MR) is 219 cm³/mol. The van der Waals surface area contributed by atoms with Gasteiger partial charge in [0.1, 0.15) is 11.8 Å². The van der Waals surface area contributed by atoms with Crippen LogP contribution >= 0.6 is 11.3 Å². The molecule has 5 heterocycles. The first kappa shape index (κ1) is 41.0. The lowest BCUT2D eigenvalue weighted by atomic mass is 9.57. The number of methoxy groups -OCH3 is 1. The van der Waals surface area contributed by atoms with Crippen molar-refractivity contribution in [3.8, 4) is 5.75 Å². The van der Waals surface area contributed by atoms with E-state index < -0.39 is 47.4 Å². The summed E-state index contributed by atoms with van der Waals surface area (Å²) in [6.45, 7) is 4.00. The molecule has 9 rings (SSSR count). The monoisotopic (exact) mass is 860 g/mol. The van der Waals surface area contributed by atoms with Crippen LogP contribution in [-0.4, -0.2) is 93.4 Å². The van der Waals surface area contributed by atoms with Crippen molar-refractivity contribution in [2.45, 2.75) is 88.9 Å². The third kappa shape index (κ3) is 8.11. The highest BCUT2D eigenvalue weighted by molar-refractivity contribution is 7.11. The molecule has 61 heavy (non-hydrogen) atoms. The number of thiazole rings is 1. The Morgan fingerprint density at radius 3 is 2.48 bits per heavy atom. The molecule has 2 aromatic carbocycles. The van der Waals surface area contributed by atoms with E-state index in [0.717, 1.165) is 67.4 Å². The number of ether oxygens (including phenoxy) is 1. The number of imide groups is 2. The second-order valence-corrected chi connectivity index (χ2v) is 18.2. The number of aromatic nitrogens is 3. The Morgan fingerprint density at radius 2 is 1.77 bits per heavy atom. The molecule has 4 fully saturated rings. The Balaban J connectivity index is 0.712. The fourth-order valence-corrected chi connectivity index (χ4v) is 10.9. The largest absolute Gasteiger partial charge is 0.494 e. The molecule has 0 radical (unpaired) electrons. The number of amides is 5. The molecule has 14 nitrogen and oxygen atoms in total. The quantitative estimate of drug-likeness (QED) is 0.135. The van der Waals surface area contributed by atoms with Gasteiger partial charge >= 0.3 is 6.18 Å². The predicted octanol–water partition coefficient (Wildman–Crippen LogP) is 6.90. The Bertz CT molecular complexity index is 2390. The molecule has 5 aliphatic rings. The number of nitrogens with one attached hydrogen (secondary N) is 3. The molecule has 3 N–H and O–H groups in total. The number of rotatable bonds is 11. The lowest BCUT2D eigenvalue weighted by Gasteiger charge is -2.53. The van der Waals surface area contributed by atoms with Gasteiger partial charge in [-0.3, -0.25) is 38.9 Å². The van der Waals surface area contributed by atoms with Crippen LogP contribution in [0.4, 0.5) is 24.5 Å². The standard InChI is InChI=1S/C43H47F3N8O6S/c1-60-33-18-30-26(17-31(33)48-38(57)39-49-34(23-61-39)43(44,45)46)22-53(51-30)27-7-5-24(6-8-27)21-52-15-12-42(13-16-52)19-25(20-42)11-14-47-29-4-2-3-28-36(29)41(59)54(40(28)58)32-9-10-35(55)50-37(32)56/h2-4,17-18,22-25,27,32,47H,5-16,19-21H2,1H3,(H,48,57)(H,50,55,56). The van der Waals surface area contributed by atoms with Gasteiger partial charge in [-0.15, -0.1) is 11.3 Å². The summed E-state index contributed by atoms with van der Waals surface area (Å²) < 4.78 is 46.6. The number of alkyl halides is 3. The molecule has 18 heteroatoms. The van der Waals surface area contributed by atoms with Crippen LogP contribution in [0.15, 0.2) is 41.9 Å². The van der Waals surface area contributed by atoms with E-state index in [1.807, 2.05) is 10.9 Å². The van der Waals surface area contributed by atoms with Crippen molar-refractivity contribution in [2.24, 2.45) is 17.3 Å². The third-order valence-corrected chi connectivity index (χ3v) is 14.3. The Kier molecular flexibility index (Phi) is 10.9. The number of hydrogen-bond acceptors (Lipinski definition) is 11. The number of anilines is 2. The number of likely N-dealkylation sites (tertiary alicyclic amines) is 1. The molecule has 2 saturated carbocycles. The van der Waals surface area contributed by atoms with Gasteiger partial charge in [0, 0.05) is 48.2 Å². The zero-order valence-corrected chi connectivity index (χ0v) is 34.5. The number of hydrogen-bond donors (Lipinski definition) is 3. The summed E-state index contributed by atoms with van der Waals surface area (Å²) >= 11 is 0.632. The summed E-state index contributed by atoms with van der Waals surface area (Å²) in [5.74, 6) is -1.18. The summed E-state index contributed by atoms with van der Waals surface area (Å²) in [7, 11) is 1.46. The van der Waals surface area contributed by atoms with Crippen LogP contribution in [0.2, 0.25) is 0 Å². The van der Waals surface area contributed by atoms with Gasteiger partial charge in [0.25, 0.3) is 17.7 Å². The van der Waals surface area contributed by atoms with Gasteiger partial charge in [-0.1, -0.05) is 6.07 Å². The molecule has 1 atom stereocenters. The highest BCUT2D eigenvalue weighted by Gasteiger charge is 2.47. The SMILES string of the molecule is COc1cc2nn(C3CCC(CN4CCC5(CC4)CC(CCNc4cccc6c4C(=O)N(C4CCC(=O)NC4=O)C6=O)C5)CC3)cc2cc1NC(=O)c1nc(C(F)(F)F)cs1. The van der Waals surface area contributed by atoms with Crippen LogP contribution in [0.5, 0.6) is 5.75 Å². The number of fused-ring (bicyclic) bond motifs is 2. The molecule has 1 spiro atoms. The van der Waals surface area contributed by atoms with Crippen molar-refractivity contribution < 1.29 is 41.9 Å². The van der Waals surface area contributed by atoms with Gasteiger partial charge in [0.05, 0.1) is 35.5 Å². The van der Waals surface area contributed by atoms with Gasteiger partial charge in [0.15, 0.2) is 10.7 Å². The highest BCUT2D eigenvalue weighted by Crippen LogP contribution is 2.54. The molecule has 2 aromatic heterocycles. The van der Waals surface area contributed by atoms with Crippen molar-refractivity contribution in [2.75, 3.05) is 43.9 Å². The number of benzene rings is 2. The summed E-state index contributed by atoms with van der Waals surface area (Å²) in [6.07, 6.45) is 7.55. The number of carbonyl (C=O) groups is 5. The molecule has 2 aliphatic carbocycles. The van der Waals surface area contributed by atoms with E-state index in [1.165, 1.54) is 32.8 Å². The first-order chi connectivity index (χ1) is 29.3. The molecular weight excluding hydrogens is 814 g/mol. The molecule has 0 bridgehead atoms. The van der Waals surface area contributed by atoms with E-state index in [4.69, 9.17) is 9.84 Å². The van der Waals surface area contributed by atoms with Crippen molar-refractivity contribution in [3.63, 3.8) is 0 Å². The normalized spacial score (nSPS) is 23.3. The topological polar surface area (TPSA) is 168 Å². The average Bonchev–Trinajstić information content (AvgIpc) is 3.95. The zero-order chi connectivity index (χ0) is 42.6. The molecule has 3 aliphatic heterocycles. The first-order valence-corrected chi connectivity index (χ1v) is 21.9. The van der Waals surface area contributed by atoms with Crippen molar-refractivity contribution >= 4 is 63.2 Å². The minimum absolute atomic E-state index is 0.0822. The molecule has 4 aromatic rings. The molecule has 2 saturated heterocycles. The van der Waals surface area contributed by atoms with Crippen LogP contribution in [-0.2, 0) is 15.8 Å². The summed E-state index contributed by atoms with van der Waals surface area (Å²) in [5, 5.41) is 14.5. The number of piperidine rings is 2. The number of halogens is 3. The maximum atomic E-state index is 13.4. The highest BCUT2D eigenvalue weighted by atomic mass is 32.1. The molecule has 5 amide bonds. The summed E-state index contributed by atoms with van der Waals surface area (Å²) in [6, 6.07) is 7.87. The maximum absolute atomic E-state index is 13.4. The van der Waals surface area contributed by atoms with Crippen molar-refractivity contribution in [1.29, 1.82) is 0 Å². The summed E-state index contributed by atoms with van der Waals surface area (Å²) in [5.41, 5.74) is 1.52. The van der Waals surface area contributed by atoms with Crippen molar-refractivity contribution in [1.82, 2.24) is 29.9 Å². The Labute approximate surface area is 353 Å². The van der Waals surface area contributed by atoms with Crippen molar-refractivity contribution in [3.05, 3.63) is 63.7 Å². The van der Waals surface area contributed by atoms with E-state index in [2.05, 4.69) is 25.8 Å². The molecule has 1 unspecified atom stereocenters. The zero-order valence-electron chi connectivity index (χ0n) is 33.7. The van der Waals surface area contributed by atoms with Crippen LogP contribution in [0, 0.1) is 17.3 Å². The minimum Gasteiger partial charge on any atom is -0.494 e. The van der Waals surface area contributed by atoms with Gasteiger partial charge in [0.2, 0.25) is 11.8 Å². The summed E-state index contributed by atoms with van der Waals surface area (Å²) in [4.78, 5) is 70.6. The Hall–Kier alpha value is -5.36. The van der Waals surface area contributed by atoms with Crippen LogP contribution in [0.25, 0.3) is 10.9 Å². The second-order valence-electron chi connectivity index (χ2n) is 17.4. The lowest BCUT2D eigenvalue weighted by Crippen LogP contribution is -2.54. The van der Waals surface area contributed by atoms with Crippen LogP contribution in [0.1, 0.15) is 113 Å².